The van der Waals surface area contributed by atoms with E-state index in [1.54, 1.807) is 12.5 Å². The molecule has 0 aliphatic rings. The van der Waals surface area contributed by atoms with E-state index in [1.807, 2.05) is 0 Å². The first kappa shape index (κ1) is 21.8. The van der Waals surface area contributed by atoms with Crippen molar-refractivity contribution < 1.29 is 0 Å². The van der Waals surface area contributed by atoms with Crippen molar-refractivity contribution in [3.05, 3.63) is 0 Å². The van der Waals surface area contributed by atoms with Crippen molar-refractivity contribution >= 4 is 21.4 Å². The van der Waals surface area contributed by atoms with Gasteiger partial charge in [-0.1, -0.05) is 0 Å². The summed E-state index contributed by atoms with van der Waals surface area (Å²) in [7, 11) is 2.28. The van der Waals surface area contributed by atoms with E-state index in [0.29, 0.717) is 0 Å². The van der Waals surface area contributed by atoms with Crippen LogP contribution in [0.1, 0.15) is 60.3 Å². The summed E-state index contributed by atoms with van der Waals surface area (Å²) in [6.45, 7) is 17.0. The molecule has 126 valence electrons. The summed E-state index contributed by atoms with van der Waals surface area (Å²) in [5.41, 5.74) is 0. The van der Waals surface area contributed by atoms with Gasteiger partial charge in [-0.25, -0.2) is 0 Å². The van der Waals surface area contributed by atoms with Gasteiger partial charge < -0.3 is 0 Å². The molecule has 0 saturated heterocycles. The molecule has 0 unspecified atom stereocenters. The summed E-state index contributed by atoms with van der Waals surface area (Å²) in [4.78, 5) is 5.19. The fourth-order valence-corrected chi connectivity index (χ4v) is 10.7. The minimum absolute atomic E-state index is 0.725. The Morgan fingerprint density at radius 1 is 0.810 bits per heavy atom. The molecule has 21 heavy (non-hydrogen) atoms. The van der Waals surface area contributed by atoms with Crippen LogP contribution >= 0.6 is 0 Å². The Bertz CT molecular complexity index is 221. The van der Waals surface area contributed by atoms with Gasteiger partial charge in [0, 0.05) is 0 Å². The van der Waals surface area contributed by atoms with Gasteiger partial charge in [0.05, 0.1) is 0 Å². The Morgan fingerprint density at radius 3 is 1.86 bits per heavy atom. The third-order valence-corrected chi connectivity index (χ3v) is 14.9. The van der Waals surface area contributed by atoms with Crippen LogP contribution in [0.3, 0.4) is 0 Å². The molecule has 0 radical (unpaired) electrons. The Balaban J connectivity index is 3.83. The molecule has 0 spiro atoms. The molecule has 0 fully saturated rings. The number of nitrogens with zero attached hydrogens (tertiary/aromatic N) is 2. The van der Waals surface area contributed by atoms with E-state index in [2.05, 4.69) is 51.5 Å². The van der Waals surface area contributed by atoms with E-state index >= 15 is 0 Å². The third kappa shape index (κ3) is 11.9. The average molecular weight is 400 g/mol. The van der Waals surface area contributed by atoms with Crippen LogP contribution < -0.4 is 0 Å². The van der Waals surface area contributed by atoms with Crippen molar-refractivity contribution in [3.63, 3.8) is 0 Å². The van der Waals surface area contributed by atoms with Crippen molar-refractivity contribution in [2.45, 2.75) is 78.9 Å². The van der Waals surface area contributed by atoms with Crippen molar-refractivity contribution in [2.75, 3.05) is 33.2 Å². The molecule has 0 amide bonds. The molecule has 0 aromatic rings. The molecular weight excluding hydrogens is 359 g/mol. The fourth-order valence-electron chi connectivity index (χ4n) is 3.19. The number of rotatable bonds is 14. The summed E-state index contributed by atoms with van der Waals surface area (Å²) in [5.74, 6) is 0. The molecule has 0 aliphatic heterocycles. The zero-order valence-electron chi connectivity index (χ0n) is 15.8. The first-order valence-corrected chi connectivity index (χ1v) is 16.5. The number of hydrogen-bond acceptors (Lipinski definition) is 2. The zero-order chi connectivity index (χ0) is 16.1. The predicted molar refractivity (Wildman–Crippen MR) is 99.9 cm³/mol. The van der Waals surface area contributed by atoms with Crippen LogP contribution in [-0.2, 0) is 0 Å². The molecule has 0 aliphatic carbocycles. The first-order chi connectivity index (χ1) is 10.0. The Kier molecular flexibility index (Phi) is 14.9. The summed E-state index contributed by atoms with van der Waals surface area (Å²) in [6, 6.07) is 0.725. The second-order valence-electron chi connectivity index (χ2n) is 6.99. The van der Waals surface area contributed by atoms with E-state index in [9.17, 15) is 0 Å². The average Bonchev–Trinajstić information content (AvgIpc) is 2.44. The van der Waals surface area contributed by atoms with Crippen LogP contribution in [-0.4, -0.2) is 70.5 Å². The second-order valence-corrected chi connectivity index (χ2v) is 17.6. The molecule has 0 atom stereocenters. The minimum atomic E-state index is -1.17. The summed E-state index contributed by atoms with van der Waals surface area (Å²) in [6.07, 6.45) is 5.52. The van der Waals surface area contributed by atoms with Crippen molar-refractivity contribution in [1.82, 2.24) is 9.80 Å². The summed E-state index contributed by atoms with van der Waals surface area (Å²) >= 11 is -1.17. The quantitative estimate of drug-likeness (QED) is 0.416. The Morgan fingerprint density at radius 2 is 1.38 bits per heavy atom. The molecule has 0 aromatic heterocycles. The normalized spacial score (nSPS) is 11.9. The van der Waals surface area contributed by atoms with E-state index in [4.69, 9.17) is 0 Å². The summed E-state index contributed by atoms with van der Waals surface area (Å²) in [5, 5.41) is 0. The van der Waals surface area contributed by atoms with Gasteiger partial charge in [0.15, 0.2) is 0 Å². The Labute approximate surface area is 143 Å². The van der Waals surface area contributed by atoms with Crippen LogP contribution in [0.2, 0.25) is 12.5 Å². The SMILES string of the molecule is CCCN(C)CC[CH2][In]([CH2]C)[CH2]CCN(CCC)C(C)C. The molecular formula is C18H41InN2. The van der Waals surface area contributed by atoms with E-state index in [1.165, 1.54) is 51.9 Å². The van der Waals surface area contributed by atoms with Gasteiger partial charge >= 0.3 is 143 Å². The van der Waals surface area contributed by atoms with Crippen LogP contribution in [0.15, 0.2) is 0 Å². The maximum absolute atomic E-state index is 2.67. The van der Waals surface area contributed by atoms with Gasteiger partial charge in [-0.2, -0.15) is 0 Å². The van der Waals surface area contributed by atoms with Gasteiger partial charge in [0.2, 0.25) is 0 Å². The molecule has 0 N–H and O–H groups in total. The van der Waals surface area contributed by atoms with Gasteiger partial charge in [0.1, 0.15) is 0 Å². The van der Waals surface area contributed by atoms with Crippen molar-refractivity contribution in [3.8, 4) is 0 Å². The molecule has 0 heterocycles. The predicted octanol–water partition coefficient (Wildman–Crippen LogP) is 4.74. The van der Waals surface area contributed by atoms with E-state index < -0.39 is 21.4 Å². The first-order valence-electron chi connectivity index (χ1n) is 9.47. The van der Waals surface area contributed by atoms with Crippen LogP contribution in [0, 0.1) is 0 Å². The third-order valence-electron chi connectivity index (χ3n) is 4.63. The van der Waals surface area contributed by atoms with Crippen LogP contribution in [0.5, 0.6) is 0 Å². The fraction of sp³-hybridized carbons (Fsp3) is 1.00. The molecule has 2 nitrogen and oxygen atoms in total. The van der Waals surface area contributed by atoms with Crippen LogP contribution in [0.25, 0.3) is 0 Å². The molecule has 0 saturated carbocycles. The van der Waals surface area contributed by atoms with E-state index in [-0.39, 0.29) is 0 Å². The van der Waals surface area contributed by atoms with Gasteiger partial charge in [0.25, 0.3) is 0 Å². The van der Waals surface area contributed by atoms with Crippen LogP contribution in [0.4, 0.5) is 0 Å². The van der Waals surface area contributed by atoms with Crippen molar-refractivity contribution in [1.29, 1.82) is 0 Å². The van der Waals surface area contributed by atoms with E-state index in [0.717, 1.165) is 6.04 Å². The summed E-state index contributed by atoms with van der Waals surface area (Å²) < 4.78 is 4.82. The Hall–Kier alpha value is 0.790. The second kappa shape index (κ2) is 14.4. The van der Waals surface area contributed by atoms with Gasteiger partial charge in [-0.05, 0) is 0 Å². The molecule has 0 aromatic carbocycles. The van der Waals surface area contributed by atoms with Gasteiger partial charge in [-0.15, -0.1) is 0 Å². The van der Waals surface area contributed by atoms with Gasteiger partial charge in [-0.3, -0.25) is 0 Å². The molecule has 0 bridgehead atoms. The monoisotopic (exact) mass is 400 g/mol. The topological polar surface area (TPSA) is 6.48 Å². The number of hydrogen-bond donors (Lipinski definition) is 0. The van der Waals surface area contributed by atoms with Crippen molar-refractivity contribution in [2.24, 2.45) is 0 Å². The molecule has 0 rings (SSSR count). The maximum atomic E-state index is 2.67. The standard InChI is InChI=1S/C9H20N.C7H16N.C2H5.In/c1-5-7-10(8-6-2)9(3)4;1-4-6-8(3)7-5-2;1-2;/h9H,1,5-8H2,2-4H3;1,4-7H2,2-3H3;1H2,2H3;. The zero-order valence-corrected chi connectivity index (χ0v) is 19.1. The molecule has 3 heteroatoms.